The topological polar surface area (TPSA) is 98.3 Å². The number of nitrogens with two attached hydrogens (primary N) is 1. The first-order valence-electron chi connectivity index (χ1n) is 5.79. The van der Waals surface area contributed by atoms with Crippen molar-refractivity contribution in [2.24, 2.45) is 5.73 Å². The van der Waals surface area contributed by atoms with Gasteiger partial charge in [0.25, 0.3) is 5.69 Å². The van der Waals surface area contributed by atoms with Crippen LogP contribution in [0.5, 0.6) is 0 Å². The molecular weight excluding hydrogens is 234 g/mol. The van der Waals surface area contributed by atoms with Gasteiger partial charge in [0, 0.05) is 18.6 Å². The summed E-state index contributed by atoms with van der Waals surface area (Å²) in [5.74, 6) is -0.146. The second-order valence-electron chi connectivity index (χ2n) is 4.05. The first-order chi connectivity index (χ1) is 8.54. The van der Waals surface area contributed by atoms with Crippen LogP contribution in [0.25, 0.3) is 0 Å². The van der Waals surface area contributed by atoms with Crippen LogP contribution in [-0.4, -0.2) is 17.4 Å². The molecule has 0 spiro atoms. The van der Waals surface area contributed by atoms with Gasteiger partial charge in [0.1, 0.15) is 0 Å². The first kappa shape index (κ1) is 14.1. The van der Waals surface area contributed by atoms with Crippen LogP contribution in [-0.2, 0) is 4.79 Å². The van der Waals surface area contributed by atoms with Crippen LogP contribution in [0.2, 0.25) is 0 Å². The Bertz CT molecular complexity index is 446. The van der Waals surface area contributed by atoms with E-state index in [1.165, 1.54) is 12.1 Å². The number of nitro benzene ring substituents is 1. The molecule has 0 aliphatic rings. The number of nitro groups is 1. The minimum Gasteiger partial charge on any atom is -0.330 e. The first-order valence-corrected chi connectivity index (χ1v) is 5.79. The van der Waals surface area contributed by atoms with E-state index in [0.717, 1.165) is 18.4 Å². The molecule has 0 fully saturated rings. The molecule has 0 heterocycles. The zero-order chi connectivity index (χ0) is 13.5. The van der Waals surface area contributed by atoms with Crippen LogP contribution in [0, 0.1) is 17.0 Å². The Hall–Kier alpha value is -1.95. The average molecular weight is 251 g/mol. The summed E-state index contributed by atoms with van der Waals surface area (Å²) in [6, 6.07) is 4.41. The van der Waals surface area contributed by atoms with E-state index in [1.54, 1.807) is 13.0 Å². The molecule has 0 saturated carbocycles. The Kier molecular flexibility index (Phi) is 5.26. The number of nitrogens with one attached hydrogen (secondary N) is 1. The maximum atomic E-state index is 11.6. The number of non-ortho nitro benzene ring substituents is 1. The van der Waals surface area contributed by atoms with Crippen LogP contribution in [0.15, 0.2) is 18.2 Å². The number of rotatable bonds is 6. The molecule has 0 saturated heterocycles. The summed E-state index contributed by atoms with van der Waals surface area (Å²) in [7, 11) is 0. The third-order valence-corrected chi connectivity index (χ3v) is 2.56. The number of benzene rings is 1. The summed E-state index contributed by atoms with van der Waals surface area (Å²) >= 11 is 0. The van der Waals surface area contributed by atoms with Crippen LogP contribution in [0.1, 0.15) is 24.8 Å². The van der Waals surface area contributed by atoms with Crippen molar-refractivity contribution in [3.8, 4) is 0 Å². The van der Waals surface area contributed by atoms with Gasteiger partial charge in [0.2, 0.25) is 5.91 Å². The van der Waals surface area contributed by atoms with Crippen LogP contribution < -0.4 is 11.1 Å². The number of nitrogens with zero attached hydrogens (tertiary/aromatic N) is 1. The van der Waals surface area contributed by atoms with Gasteiger partial charge in [-0.05, 0) is 31.9 Å². The number of amides is 1. The van der Waals surface area contributed by atoms with Crippen LogP contribution in [0.4, 0.5) is 11.4 Å². The standard InChI is InChI=1S/C12H17N3O3/c1-9-5-6-10(15(17)18)8-11(9)14-12(16)4-2-3-7-13/h5-6,8H,2-4,7,13H2,1H3,(H,14,16). The molecule has 0 atom stereocenters. The third-order valence-electron chi connectivity index (χ3n) is 2.56. The van der Waals surface area contributed by atoms with Crippen LogP contribution >= 0.6 is 0 Å². The summed E-state index contributed by atoms with van der Waals surface area (Å²) in [5, 5.41) is 13.3. The zero-order valence-electron chi connectivity index (χ0n) is 10.3. The van der Waals surface area contributed by atoms with Crippen molar-refractivity contribution in [2.75, 3.05) is 11.9 Å². The monoisotopic (exact) mass is 251 g/mol. The van der Waals surface area contributed by atoms with Crippen molar-refractivity contribution >= 4 is 17.3 Å². The number of hydrogen-bond acceptors (Lipinski definition) is 4. The molecule has 0 aliphatic heterocycles. The van der Waals surface area contributed by atoms with Crippen molar-refractivity contribution in [1.29, 1.82) is 0 Å². The fourth-order valence-corrected chi connectivity index (χ4v) is 1.50. The molecule has 98 valence electrons. The Balaban J connectivity index is 2.68. The molecule has 3 N–H and O–H groups in total. The lowest BCUT2D eigenvalue weighted by Crippen LogP contribution is -2.13. The highest BCUT2D eigenvalue weighted by Gasteiger charge is 2.10. The summed E-state index contributed by atoms with van der Waals surface area (Å²) in [4.78, 5) is 21.8. The van der Waals surface area contributed by atoms with Crippen molar-refractivity contribution < 1.29 is 9.72 Å². The lowest BCUT2D eigenvalue weighted by molar-refractivity contribution is -0.384. The average Bonchev–Trinajstić information content (AvgIpc) is 2.32. The number of unbranched alkanes of at least 4 members (excludes halogenated alkanes) is 1. The van der Waals surface area contributed by atoms with Gasteiger partial charge in [-0.25, -0.2) is 0 Å². The largest absolute Gasteiger partial charge is 0.330 e. The quantitative estimate of drug-likeness (QED) is 0.458. The van der Waals surface area contributed by atoms with Gasteiger partial charge >= 0.3 is 0 Å². The number of carbonyl (C=O) groups excluding carboxylic acids is 1. The van der Waals surface area contributed by atoms with Gasteiger partial charge in [-0.3, -0.25) is 14.9 Å². The Labute approximate surface area is 105 Å². The van der Waals surface area contributed by atoms with E-state index in [9.17, 15) is 14.9 Å². The fourth-order valence-electron chi connectivity index (χ4n) is 1.50. The molecule has 1 aromatic rings. The van der Waals surface area contributed by atoms with E-state index in [4.69, 9.17) is 5.73 Å². The van der Waals surface area contributed by atoms with Crippen molar-refractivity contribution in [1.82, 2.24) is 0 Å². The fraction of sp³-hybridized carbons (Fsp3) is 0.417. The Morgan fingerprint density at radius 1 is 1.44 bits per heavy atom. The van der Waals surface area contributed by atoms with E-state index in [-0.39, 0.29) is 11.6 Å². The maximum absolute atomic E-state index is 11.6. The third kappa shape index (κ3) is 4.14. The van der Waals surface area contributed by atoms with Gasteiger partial charge in [0.05, 0.1) is 10.6 Å². The number of anilines is 1. The highest BCUT2D eigenvalue weighted by molar-refractivity contribution is 5.91. The molecule has 0 bridgehead atoms. The second kappa shape index (κ2) is 6.70. The maximum Gasteiger partial charge on any atom is 0.271 e. The van der Waals surface area contributed by atoms with E-state index in [2.05, 4.69) is 5.32 Å². The highest BCUT2D eigenvalue weighted by Crippen LogP contribution is 2.22. The molecule has 1 aromatic carbocycles. The van der Waals surface area contributed by atoms with E-state index in [1.807, 2.05) is 0 Å². The Morgan fingerprint density at radius 2 is 2.17 bits per heavy atom. The van der Waals surface area contributed by atoms with Gasteiger partial charge in [0.15, 0.2) is 0 Å². The smallest absolute Gasteiger partial charge is 0.271 e. The predicted molar refractivity (Wildman–Crippen MR) is 69.4 cm³/mol. The Morgan fingerprint density at radius 3 is 2.78 bits per heavy atom. The SMILES string of the molecule is Cc1ccc([N+](=O)[O-])cc1NC(=O)CCCCN. The lowest BCUT2D eigenvalue weighted by atomic mass is 10.1. The molecule has 6 heteroatoms. The summed E-state index contributed by atoms with van der Waals surface area (Å²) in [6.45, 7) is 2.35. The predicted octanol–water partition coefficient (Wildman–Crippen LogP) is 1.97. The molecule has 18 heavy (non-hydrogen) atoms. The van der Waals surface area contributed by atoms with E-state index in [0.29, 0.717) is 18.7 Å². The number of carbonyl (C=O) groups is 1. The minimum absolute atomic E-state index is 0.0298. The van der Waals surface area contributed by atoms with Crippen LogP contribution in [0.3, 0.4) is 0 Å². The lowest BCUT2D eigenvalue weighted by Gasteiger charge is -2.07. The summed E-state index contributed by atoms with van der Waals surface area (Å²) < 4.78 is 0. The highest BCUT2D eigenvalue weighted by atomic mass is 16.6. The number of hydrogen-bond donors (Lipinski definition) is 2. The summed E-state index contributed by atoms with van der Waals surface area (Å²) in [5.41, 5.74) is 6.59. The molecule has 0 aliphatic carbocycles. The zero-order valence-corrected chi connectivity index (χ0v) is 10.3. The summed E-state index contributed by atoms with van der Waals surface area (Å²) in [6.07, 6.45) is 1.89. The number of aryl methyl sites for hydroxylation is 1. The van der Waals surface area contributed by atoms with Gasteiger partial charge in [-0.2, -0.15) is 0 Å². The van der Waals surface area contributed by atoms with Crippen molar-refractivity contribution in [2.45, 2.75) is 26.2 Å². The normalized spacial score (nSPS) is 10.1. The van der Waals surface area contributed by atoms with Gasteiger partial charge in [-0.15, -0.1) is 0 Å². The van der Waals surface area contributed by atoms with Gasteiger partial charge in [-0.1, -0.05) is 6.07 Å². The van der Waals surface area contributed by atoms with Crippen molar-refractivity contribution in [3.05, 3.63) is 33.9 Å². The molecule has 0 unspecified atom stereocenters. The van der Waals surface area contributed by atoms with E-state index < -0.39 is 4.92 Å². The molecule has 1 rings (SSSR count). The molecule has 0 aromatic heterocycles. The molecule has 6 nitrogen and oxygen atoms in total. The van der Waals surface area contributed by atoms with Gasteiger partial charge < -0.3 is 11.1 Å². The second-order valence-corrected chi connectivity index (χ2v) is 4.05. The molecular formula is C12H17N3O3. The minimum atomic E-state index is -0.483. The molecule has 0 radical (unpaired) electrons. The van der Waals surface area contributed by atoms with Crippen molar-refractivity contribution in [3.63, 3.8) is 0 Å². The van der Waals surface area contributed by atoms with E-state index >= 15 is 0 Å². The molecule has 1 amide bonds.